The lowest BCUT2D eigenvalue weighted by molar-refractivity contribution is 0.556. The van der Waals surface area contributed by atoms with Crippen LogP contribution in [-0.2, 0) is 6.54 Å². The first-order valence-electron chi connectivity index (χ1n) is 10.1. The van der Waals surface area contributed by atoms with Crippen LogP contribution in [0.1, 0.15) is 44.1 Å². The van der Waals surface area contributed by atoms with Crippen LogP contribution in [0.4, 0.5) is 17.8 Å². The molecule has 0 spiro atoms. The van der Waals surface area contributed by atoms with Gasteiger partial charge in [0, 0.05) is 42.8 Å². The van der Waals surface area contributed by atoms with E-state index in [1.165, 1.54) is 38.5 Å². The molecule has 3 heterocycles. The highest BCUT2D eigenvalue weighted by Gasteiger charge is 2.20. The lowest BCUT2D eigenvalue weighted by Crippen LogP contribution is -2.34. The maximum atomic E-state index is 6.31. The average Bonchev–Trinajstić information content (AvgIpc) is 2.74. The summed E-state index contributed by atoms with van der Waals surface area (Å²) in [5.74, 6) is 2.15. The smallest absolute Gasteiger partial charge is 0.231 e. The second-order valence-electron chi connectivity index (χ2n) is 7.44. The lowest BCUT2D eigenvalue weighted by atomic mass is 10.1. The van der Waals surface area contributed by atoms with E-state index in [0.29, 0.717) is 22.5 Å². The first-order valence-corrected chi connectivity index (χ1v) is 10.9. The second-order valence-corrected chi connectivity index (χ2v) is 8.29. The van der Waals surface area contributed by atoms with Crippen LogP contribution in [0.3, 0.4) is 0 Å². The van der Waals surface area contributed by atoms with Gasteiger partial charge in [-0.2, -0.15) is 15.0 Å². The van der Waals surface area contributed by atoms with Gasteiger partial charge in [0.15, 0.2) is 0 Å². The van der Waals surface area contributed by atoms with Crippen LogP contribution >= 0.6 is 23.2 Å². The molecule has 2 fully saturated rings. The van der Waals surface area contributed by atoms with E-state index in [2.05, 4.69) is 15.1 Å². The first kappa shape index (κ1) is 19.5. The van der Waals surface area contributed by atoms with E-state index in [1.807, 2.05) is 12.1 Å². The Bertz CT molecular complexity index is 767. The van der Waals surface area contributed by atoms with Crippen molar-refractivity contribution in [3.8, 4) is 0 Å². The molecule has 0 saturated carbocycles. The SMILES string of the molecule is Clc1ccc(CNc2nc(N3CCCCC3)nc(N3CCCCC3)n2)c(Cl)c1. The van der Waals surface area contributed by atoms with Gasteiger partial charge in [-0.15, -0.1) is 0 Å². The molecule has 0 aliphatic carbocycles. The first-order chi connectivity index (χ1) is 13.7. The van der Waals surface area contributed by atoms with Crippen LogP contribution in [0.15, 0.2) is 18.2 Å². The predicted octanol–water partition coefficient (Wildman–Crippen LogP) is 4.77. The van der Waals surface area contributed by atoms with Crippen molar-refractivity contribution < 1.29 is 0 Å². The molecule has 2 aliphatic rings. The molecule has 0 radical (unpaired) electrons. The van der Waals surface area contributed by atoms with E-state index in [4.69, 9.17) is 38.2 Å². The van der Waals surface area contributed by atoms with E-state index in [0.717, 1.165) is 43.6 Å². The molecule has 150 valence electrons. The lowest BCUT2D eigenvalue weighted by Gasteiger charge is -2.30. The highest BCUT2D eigenvalue weighted by atomic mass is 35.5. The fourth-order valence-corrected chi connectivity index (χ4v) is 4.22. The van der Waals surface area contributed by atoms with E-state index in [9.17, 15) is 0 Å². The van der Waals surface area contributed by atoms with Gasteiger partial charge in [-0.05, 0) is 56.2 Å². The molecular formula is C20H26Cl2N6. The van der Waals surface area contributed by atoms with Crippen molar-refractivity contribution in [1.82, 2.24) is 15.0 Å². The average molecular weight is 421 g/mol. The van der Waals surface area contributed by atoms with E-state index >= 15 is 0 Å². The van der Waals surface area contributed by atoms with Crippen molar-refractivity contribution in [2.45, 2.75) is 45.1 Å². The Kier molecular flexibility index (Phi) is 6.37. The topological polar surface area (TPSA) is 57.2 Å². The maximum absolute atomic E-state index is 6.31. The summed E-state index contributed by atoms with van der Waals surface area (Å²) in [6.07, 6.45) is 7.31. The minimum atomic E-state index is 0.541. The minimum Gasteiger partial charge on any atom is -0.350 e. The molecule has 28 heavy (non-hydrogen) atoms. The van der Waals surface area contributed by atoms with Gasteiger partial charge in [-0.1, -0.05) is 29.3 Å². The maximum Gasteiger partial charge on any atom is 0.231 e. The summed E-state index contributed by atoms with van der Waals surface area (Å²) in [7, 11) is 0. The number of nitrogens with zero attached hydrogens (tertiary/aromatic N) is 5. The molecule has 2 aliphatic heterocycles. The fraction of sp³-hybridized carbons (Fsp3) is 0.550. The third kappa shape index (κ3) is 4.78. The number of rotatable bonds is 5. The molecule has 0 atom stereocenters. The van der Waals surface area contributed by atoms with Gasteiger partial charge in [0.25, 0.3) is 0 Å². The Hall–Kier alpha value is -1.79. The van der Waals surface area contributed by atoms with Crippen LogP contribution in [0.5, 0.6) is 0 Å². The summed E-state index contributed by atoms with van der Waals surface area (Å²) in [5.41, 5.74) is 0.963. The van der Waals surface area contributed by atoms with Gasteiger partial charge < -0.3 is 15.1 Å². The van der Waals surface area contributed by atoms with E-state index < -0.39 is 0 Å². The summed E-state index contributed by atoms with van der Waals surface area (Å²) < 4.78 is 0. The van der Waals surface area contributed by atoms with Crippen molar-refractivity contribution in [1.29, 1.82) is 0 Å². The molecule has 0 unspecified atom stereocenters. The number of aromatic nitrogens is 3. The molecule has 4 rings (SSSR count). The Morgan fingerprint density at radius 2 is 1.36 bits per heavy atom. The number of hydrogen-bond acceptors (Lipinski definition) is 6. The number of benzene rings is 1. The van der Waals surface area contributed by atoms with Crippen LogP contribution < -0.4 is 15.1 Å². The van der Waals surface area contributed by atoms with Gasteiger partial charge in [-0.25, -0.2) is 0 Å². The second kappa shape index (κ2) is 9.14. The van der Waals surface area contributed by atoms with Gasteiger partial charge >= 0.3 is 0 Å². The zero-order valence-electron chi connectivity index (χ0n) is 16.0. The van der Waals surface area contributed by atoms with Gasteiger partial charge in [0.1, 0.15) is 0 Å². The molecule has 0 bridgehead atoms. The largest absolute Gasteiger partial charge is 0.350 e. The standard InChI is InChI=1S/C20H26Cl2N6/c21-16-8-7-15(17(22)13-16)14-23-18-24-19(27-9-3-1-4-10-27)26-20(25-18)28-11-5-2-6-12-28/h7-8,13H,1-6,9-12,14H2,(H,23,24,25,26). The molecule has 1 aromatic carbocycles. The molecule has 6 nitrogen and oxygen atoms in total. The van der Waals surface area contributed by atoms with E-state index in [-0.39, 0.29) is 0 Å². The van der Waals surface area contributed by atoms with Crippen molar-refractivity contribution in [3.63, 3.8) is 0 Å². The van der Waals surface area contributed by atoms with Crippen molar-refractivity contribution >= 4 is 41.0 Å². The van der Waals surface area contributed by atoms with Gasteiger partial charge in [0.2, 0.25) is 17.8 Å². The van der Waals surface area contributed by atoms with Crippen LogP contribution in [-0.4, -0.2) is 41.1 Å². The zero-order valence-corrected chi connectivity index (χ0v) is 17.5. The van der Waals surface area contributed by atoms with Crippen molar-refractivity contribution in [3.05, 3.63) is 33.8 Å². The normalized spacial score (nSPS) is 17.6. The molecule has 2 aromatic rings. The van der Waals surface area contributed by atoms with Crippen LogP contribution in [0.2, 0.25) is 10.0 Å². The highest BCUT2D eigenvalue weighted by molar-refractivity contribution is 6.35. The molecule has 8 heteroatoms. The number of piperidine rings is 2. The number of nitrogens with one attached hydrogen (secondary N) is 1. The molecule has 1 aromatic heterocycles. The molecule has 1 N–H and O–H groups in total. The van der Waals surface area contributed by atoms with Crippen LogP contribution in [0.25, 0.3) is 0 Å². The fourth-order valence-electron chi connectivity index (χ4n) is 3.74. The number of hydrogen-bond donors (Lipinski definition) is 1. The van der Waals surface area contributed by atoms with Crippen molar-refractivity contribution in [2.75, 3.05) is 41.3 Å². The highest BCUT2D eigenvalue weighted by Crippen LogP contribution is 2.24. The summed E-state index contributed by atoms with van der Waals surface area (Å²) >= 11 is 12.3. The quantitative estimate of drug-likeness (QED) is 0.751. The predicted molar refractivity (Wildman–Crippen MR) is 116 cm³/mol. The Morgan fingerprint density at radius 3 is 1.89 bits per heavy atom. The Morgan fingerprint density at radius 1 is 0.786 bits per heavy atom. The minimum absolute atomic E-state index is 0.541. The summed E-state index contributed by atoms with van der Waals surface area (Å²) in [5, 5.41) is 4.61. The summed E-state index contributed by atoms with van der Waals surface area (Å²) in [6, 6.07) is 5.53. The zero-order chi connectivity index (χ0) is 19.3. The Labute approximate surface area is 176 Å². The molecule has 0 amide bonds. The van der Waals surface area contributed by atoms with E-state index in [1.54, 1.807) is 6.07 Å². The number of anilines is 3. The third-order valence-corrected chi connectivity index (χ3v) is 5.93. The Balaban J connectivity index is 1.57. The summed E-state index contributed by atoms with van der Waals surface area (Å²) in [4.78, 5) is 18.8. The van der Waals surface area contributed by atoms with Gasteiger partial charge in [-0.3, -0.25) is 0 Å². The molecule has 2 saturated heterocycles. The van der Waals surface area contributed by atoms with Gasteiger partial charge in [0.05, 0.1) is 0 Å². The van der Waals surface area contributed by atoms with Crippen molar-refractivity contribution in [2.24, 2.45) is 0 Å². The number of halogens is 2. The molecular weight excluding hydrogens is 395 g/mol. The third-order valence-electron chi connectivity index (χ3n) is 5.34. The summed E-state index contributed by atoms with van der Waals surface area (Å²) in [6.45, 7) is 4.56. The monoisotopic (exact) mass is 420 g/mol. The van der Waals surface area contributed by atoms with Crippen LogP contribution in [0, 0.1) is 0 Å².